The van der Waals surface area contributed by atoms with Crippen molar-refractivity contribution in [1.29, 1.82) is 0 Å². The van der Waals surface area contributed by atoms with Crippen molar-refractivity contribution < 1.29 is 0 Å². The molecule has 0 aromatic heterocycles. The Hall–Kier alpha value is 2.52. The van der Waals surface area contributed by atoms with Crippen LogP contribution in [-0.2, 0) is 0 Å². The predicted octanol–water partition coefficient (Wildman–Crippen LogP) is 2.08. The second kappa shape index (κ2) is 8.57. The Morgan fingerprint density at radius 2 is 1.55 bits per heavy atom. The van der Waals surface area contributed by atoms with E-state index in [1.54, 1.807) is 18.4 Å². The van der Waals surface area contributed by atoms with E-state index in [9.17, 15) is 0 Å². The van der Waals surface area contributed by atoms with E-state index < -0.39 is 0 Å². The zero-order chi connectivity index (χ0) is 13.9. The number of rotatable bonds is 8. The molecular weight excluding hydrogens is 548 g/mol. The Labute approximate surface area is 159 Å². The molecule has 0 saturated carbocycles. The van der Waals surface area contributed by atoms with E-state index in [0.717, 1.165) is 51.1 Å². The first-order chi connectivity index (χ1) is 9.70. The Morgan fingerprint density at radius 3 is 2.15 bits per heavy atom. The average Bonchev–Trinajstić information content (AvgIpc) is 3.28. The topological polar surface area (TPSA) is 0 Å². The number of thioether (sulfide) groups is 2. The van der Waals surface area contributed by atoms with Crippen molar-refractivity contribution in [3.63, 3.8) is 0 Å². The van der Waals surface area contributed by atoms with Crippen LogP contribution in [0.25, 0.3) is 0 Å². The zero-order valence-electron chi connectivity index (χ0n) is 11.4. The van der Waals surface area contributed by atoms with Gasteiger partial charge in [0, 0.05) is 0 Å². The van der Waals surface area contributed by atoms with Crippen molar-refractivity contribution in [2.75, 3.05) is 11.5 Å². The molecule has 0 aliphatic carbocycles. The van der Waals surface area contributed by atoms with Crippen molar-refractivity contribution in [3.05, 3.63) is 0 Å². The van der Waals surface area contributed by atoms with Crippen molar-refractivity contribution in [2.45, 2.75) is 50.5 Å². The van der Waals surface area contributed by atoms with Crippen LogP contribution in [0.1, 0.15) is 25.7 Å². The van der Waals surface area contributed by atoms with Gasteiger partial charge in [0.25, 0.3) is 0 Å². The first kappa shape index (κ1) is 17.3. The minimum atomic E-state index is 0.920. The van der Waals surface area contributed by atoms with Crippen LogP contribution in [0.2, 0.25) is 14.4 Å². The molecule has 0 amide bonds. The van der Waals surface area contributed by atoms with Crippen LogP contribution in [-0.4, -0.2) is 91.9 Å². The van der Waals surface area contributed by atoms with Crippen molar-refractivity contribution >= 4 is 93.4 Å². The minimum absolute atomic E-state index is 0.920. The molecule has 0 N–H and O–H groups in total. The van der Waals surface area contributed by atoms with Gasteiger partial charge in [-0.25, -0.2) is 0 Å². The van der Waals surface area contributed by atoms with Crippen LogP contribution in [0.4, 0.5) is 0 Å². The summed E-state index contributed by atoms with van der Waals surface area (Å²) in [4.78, 5) is 1.04. The maximum atomic E-state index is 3.41. The van der Waals surface area contributed by atoms with Gasteiger partial charge in [0.05, 0.1) is 0 Å². The Balaban J connectivity index is 1.46. The van der Waals surface area contributed by atoms with Gasteiger partial charge in [-0.15, -0.1) is 0 Å². The molecule has 3 fully saturated rings. The molecule has 112 valence electrons. The first-order valence-electron chi connectivity index (χ1n) is 7.16. The molecule has 0 bridgehead atoms. The van der Waals surface area contributed by atoms with Gasteiger partial charge in [-0.05, 0) is 0 Å². The fourth-order valence-corrected chi connectivity index (χ4v) is 14.8. The summed E-state index contributed by atoms with van der Waals surface area (Å²) in [5.74, 6) is 3.83. The first-order valence-corrected chi connectivity index (χ1v) is 15.6. The van der Waals surface area contributed by atoms with Gasteiger partial charge >= 0.3 is 161 Å². The van der Waals surface area contributed by atoms with Gasteiger partial charge in [-0.2, -0.15) is 0 Å². The van der Waals surface area contributed by atoms with Gasteiger partial charge < -0.3 is 0 Å². The Bertz CT molecular complexity index is 343. The van der Waals surface area contributed by atoms with Crippen LogP contribution >= 0.6 is 23.5 Å². The summed E-state index contributed by atoms with van der Waals surface area (Å²) in [6, 6.07) is 0. The van der Waals surface area contributed by atoms with Crippen molar-refractivity contribution in [1.82, 2.24) is 0 Å². The molecule has 4 unspecified atom stereocenters. The molecule has 0 aromatic carbocycles. The summed E-state index contributed by atoms with van der Waals surface area (Å²) in [6.07, 6.45) is 5.53. The number of hydrogen-bond acceptors (Lipinski definition) is 2. The van der Waals surface area contributed by atoms with Gasteiger partial charge in [-0.1, -0.05) is 0 Å². The normalized spacial score (nSPS) is 35.6. The van der Waals surface area contributed by atoms with Crippen molar-refractivity contribution in [3.8, 4) is 0 Å². The van der Waals surface area contributed by atoms with E-state index in [2.05, 4.69) is 54.7 Å². The molecule has 4 atom stereocenters. The van der Waals surface area contributed by atoms with Gasteiger partial charge in [0.2, 0.25) is 0 Å². The second-order valence-electron chi connectivity index (χ2n) is 5.76. The third-order valence-corrected chi connectivity index (χ3v) is 14.6. The molecule has 3 saturated heterocycles. The summed E-state index contributed by atoms with van der Waals surface area (Å²) in [7, 11) is 0. The van der Waals surface area contributed by atoms with Gasteiger partial charge in [0.15, 0.2) is 0 Å². The third-order valence-electron chi connectivity index (χ3n) is 3.86. The van der Waals surface area contributed by atoms with E-state index in [1.807, 2.05) is 0 Å². The molecule has 3 aliphatic heterocycles. The maximum absolute atomic E-state index is 3.41. The molecular formula is C14H20S2Se4. The SMILES string of the molecule is [Se]=C(CC1CS1)CC1C[Se]C[Se]C1CC(=[Se])CC1CS1. The quantitative estimate of drug-likeness (QED) is 0.325. The van der Waals surface area contributed by atoms with Gasteiger partial charge in [-0.3, -0.25) is 0 Å². The second-order valence-corrected chi connectivity index (χ2v) is 17.4. The molecule has 3 aliphatic rings. The summed E-state index contributed by atoms with van der Waals surface area (Å²) >= 11 is 13.0. The fourth-order valence-electron chi connectivity index (χ4n) is 2.56. The molecule has 0 nitrogen and oxygen atoms in total. The van der Waals surface area contributed by atoms with E-state index in [4.69, 9.17) is 0 Å². The van der Waals surface area contributed by atoms with Crippen LogP contribution < -0.4 is 0 Å². The standard InChI is InChI=1S/C14H20S2Se4/c17-12(2-10-5-15-10)1-9-7-19-8-20-14(9)4-13(18)3-11-6-16-11/h9-11,14H,1-8H2. The molecule has 0 aromatic rings. The average molecular weight is 568 g/mol. The van der Waals surface area contributed by atoms with E-state index in [-0.39, 0.29) is 0 Å². The summed E-state index contributed by atoms with van der Waals surface area (Å²) in [5.41, 5.74) is 0. The summed E-state index contributed by atoms with van der Waals surface area (Å²) in [5, 5.41) is 3.49. The van der Waals surface area contributed by atoms with Crippen LogP contribution in [0.5, 0.6) is 0 Å². The molecule has 0 spiro atoms. The molecule has 6 heteroatoms. The molecule has 20 heavy (non-hydrogen) atoms. The van der Waals surface area contributed by atoms with Crippen LogP contribution in [0.3, 0.4) is 0 Å². The third kappa shape index (κ3) is 6.20. The summed E-state index contributed by atoms with van der Waals surface area (Å²) in [6.45, 7) is 0. The Morgan fingerprint density at radius 1 is 0.950 bits per heavy atom. The Kier molecular flexibility index (Phi) is 7.43. The predicted molar refractivity (Wildman–Crippen MR) is 101 cm³/mol. The zero-order valence-corrected chi connectivity index (χ0v) is 19.9. The van der Waals surface area contributed by atoms with E-state index in [0.29, 0.717) is 0 Å². The van der Waals surface area contributed by atoms with Crippen LogP contribution in [0, 0.1) is 5.92 Å². The summed E-state index contributed by atoms with van der Waals surface area (Å²) < 4.78 is 4.96. The monoisotopic (exact) mass is 572 g/mol. The van der Waals surface area contributed by atoms with E-state index in [1.165, 1.54) is 37.2 Å². The van der Waals surface area contributed by atoms with Crippen molar-refractivity contribution in [2.24, 2.45) is 5.92 Å². The molecule has 3 rings (SSSR count). The fraction of sp³-hybridized carbons (Fsp3) is 0.857. The van der Waals surface area contributed by atoms with Crippen LogP contribution in [0.15, 0.2) is 0 Å². The van der Waals surface area contributed by atoms with E-state index >= 15 is 0 Å². The van der Waals surface area contributed by atoms with Gasteiger partial charge in [0.1, 0.15) is 0 Å². The molecule has 0 radical (unpaired) electrons. The molecule has 3 heterocycles. The number of hydrogen-bond donors (Lipinski definition) is 0.